The normalized spacial score (nSPS) is 11.2. The number of para-hydroxylation sites is 1. The van der Waals surface area contributed by atoms with Crippen LogP contribution in [0.4, 0.5) is 21.9 Å². The molecule has 0 saturated carbocycles. The van der Waals surface area contributed by atoms with E-state index in [4.69, 9.17) is 9.84 Å². The number of benzene rings is 3. The van der Waals surface area contributed by atoms with Crippen LogP contribution in [-0.2, 0) is 16.0 Å². The highest BCUT2D eigenvalue weighted by atomic mass is 16.5. The number of aliphatic hydroxyl groups is 1. The Morgan fingerprint density at radius 2 is 1.64 bits per heavy atom. The van der Waals surface area contributed by atoms with Crippen LogP contribution in [0.2, 0.25) is 0 Å². The van der Waals surface area contributed by atoms with Crippen molar-refractivity contribution in [2.45, 2.75) is 19.4 Å². The van der Waals surface area contributed by atoms with Crippen molar-refractivity contribution in [3.63, 3.8) is 0 Å². The number of ether oxygens (including phenoxy) is 1. The summed E-state index contributed by atoms with van der Waals surface area (Å²) in [6.45, 7) is 1.27. The Bertz CT molecular complexity index is 1190. The largest absolute Gasteiger partial charge is 0.497 e. The first-order valence-corrected chi connectivity index (χ1v) is 11.5. The number of urea groups is 1. The van der Waals surface area contributed by atoms with Crippen LogP contribution < -0.4 is 25.6 Å². The van der Waals surface area contributed by atoms with Gasteiger partial charge in [-0.1, -0.05) is 36.4 Å². The molecule has 0 fully saturated rings. The fraction of sp³-hybridized carbons (Fsp3) is 0.222. The number of carbonyl (C=O) groups is 3. The summed E-state index contributed by atoms with van der Waals surface area (Å²) in [7, 11) is 1.51. The molecule has 0 saturated heterocycles. The number of rotatable bonds is 10. The van der Waals surface area contributed by atoms with Crippen molar-refractivity contribution < 1.29 is 24.2 Å². The molecule has 0 bridgehead atoms. The van der Waals surface area contributed by atoms with E-state index in [0.29, 0.717) is 29.2 Å². The van der Waals surface area contributed by atoms with Gasteiger partial charge in [-0.15, -0.1) is 0 Å². The van der Waals surface area contributed by atoms with E-state index in [9.17, 15) is 14.4 Å². The number of hydrogen-bond acceptors (Lipinski definition) is 5. The zero-order valence-corrected chi connectivity index (χ0v) is 20.2. The summed E-state index contributed by atoms with van der Waals surface area (Å²) in [6, 6.07) is 21.3. The van der Waals surface area contributed by atoms with Gasteiger partial charge in [0.1, 0.15) is 11.8 Å². The van der Waals surface area contributed by atoms with E-state index in [1.165, 1.54) is 12.0 Å². The van der Waals surface area contributed by atoms with E-state index in [-0.39, 0.29) is 19.1 Å². The van der Waals surface area contributed by atoms with E-state index in [1.54, 1.807) is 73.7 Å². The van der Waals surface area contributed by atoms with Crippen LogP contribution >= 0.6 is 0 Å². The van der Waals surface area contributed by atoms with E-state index < -0.39 is 18.0 Å². The Hall–Kier alpha value is -4.37. The summed E-state index contributed by atoms with van der Waals surface area (Å²) in [6.07, 6.45) is 0.466. The predicted octanol–water partition coefficient (Wildman–Crippen LogP) is 3.41. The van der Waals surface area contributed by atoms with E-state index in [2.05, 4.69) is 16.0 Å². The van der Waals surface area contributed by atoms with Gasteiger partial charge in [0.25, 0.3) is 0 Å². The zero-order valence-electron chi connectivity index (χ0n) is 20.2. The average molecular weight is 491 g/mol. The van der Waals surface area contributed by atoms with Crippen LogP contribution in [0.1, 0.15) is 12.5 Å². The molecule has 0 aliphatic carbocycles. The molecule has 4 amide bonds. The molecule has 9 nitrogen and oxygen atoms in total. The van der Waals surface area contributed by atoms with Gasteiger partial charge in [-0.25, -0.2) is 4.79 Å². The highest BCUT2D eigenvalue weighted by Crippen LogP contribution is 2.24. The predicted molar refractivity (Wildman–Crippen MR) is 139 cm³/mol. The molecule has 0 aromatic heterocycles. The average Bonchev–Trinajstić information content (AvgIpc) is 2.88. The second-order valence-corrected chi connectivity index (χ2v) is 7.98. The van der Waals surface area contributed by atoms with Crippen LogP contribution in [0, 0.1) is 0 Å². The maximum Gasteiger partial charge on any atom is 0.319 e. The molecular weight excluding hydrogens is 460 g/mol. The molecule has 0 heterocycles. The molecule has 0 radical (unpaired) electrons. The van der Waals surface area contributed by atoms with Crippen molar-refractivity contribution >= 4 is 34.9 Å². The number of nitrogens with one attached hydrogen (secondary N) is 3. The molecule has 188 valence electrons. The third kappa shape index (κ3) is 7.31. The first kappa shape index (κ1) is 26.2. The Morgan fingerprint density at radius 1 is 0.917 bits per heavy atom. The van der Waals surface area contributed by atoms with Crippen LogP contribution in [0.15, 0.2) is 78.9 Å². The molecule has 36 heavy (non-hydrogen) atoms. The fourth-order valence-electron chi connectivity index (χ4n) is 3.58. The zero-order chi connectivity index (χ0) is 25.9. The lowest BCUT2D eigenvalue weighted by molar-refractivity contribution is -0.122. The van der Waals surface area contributed by atoms with Gasteiger partial charge in [-0.3, -0.25) is 14.5 Å². The Balaban J connectivity index is 1.72. The Labute approximate surface area is 210 Å². The molecule has 1 unspecified atom stereocenters. The third-order valence-corrected chi connectivity index (χ3v) is 5.39. The molecule has 0 aliphatic rings. The van der Waals surface area contributed by atoms with Gasteiger partial charge in [-0.05, 0) is 55.3 Å². The maximum absolute atomic E-state index is 13.3. The molecule has 9 heteroatoms. The van der Waals surface area contributed by atoms with Crippen molar-refractivity contribution in [3.8, 4) is 5.75 Å². The summed E-state index contributed by atoms with van der Waals surface area (Å²) in [4.78, 5) is 40.0. The van der Waals surface area contributed by atoms with Crippen molar-refractivity contribution in [1.29, 1.82) is 0 Å². The second kappa shape index (κ2) is 12.9. The quantitative estimate of drug-likeness (QED) is 0.347. The van der Waals surface area contributed by atoms with Crippen molar-refractivity contribution in [1.82, 2.24) is 5.32 Å². The molecule has 4 N–H and O–H groups in total. The maximum atomic E-state index is 13.3. The van der Waals surface area contributed by atoms with Crippen LogP contribution in [0.5, 0.6) is 5.75 Å². The molecule has 0 aliphatic heterocycles. The molecule has 0 spiro atoms. The fourth-order valence-corrected chi connectivity index (χ4v) is 3.58. The summed E-state index contributed by atoms with van der Waals surface area (Å²) in [5.74, 6) is -0.347. The summed E-state index contributed by atoms with van der Waals surface area (Å²) >= 11 is 0. The highest BCUT2D eigenvalue weighted by Gasteiger charge is 2.28. The van der Waals surface area contributed by atoms with E-state index in [0.717, 1.165) is 5.56 Å². The number of nitrogens with zero attached hydrogens (tertiary/aromatic N) is 1. The number of carbonyl (C=O) groups excluding carboxylic acids is 3. The van der Waals surface area contributed by atoms with Crippen LogP contribution in [-0.4, -0.2) is 49.3 Å². The number of methoxy groups -OCH3 is 1. The van der Waals surface area contributed by atoms with Gasteiger partial charge >= 0.3 is 6.03 Å². The smallest absolute Gasteiger partial charge is 0.319 e. The number of aliphatic hydroxyl groups excluding tert-OH is 1. The van der Waals surface area contributed by atoms with Crippen molar-refractivity contribution in [2.24, 2.45) is 0 Å². The lowest BCUT2D eigenvalue weighted by atomic mass is 10.1. The van der Waals surface area contributed by atoms with Gasteiger partial charge in [0.15, 0.2) is 0 Å². The summed E-state index contributed by atoms with van der Waals surface area (Å²) in [5.41, 5.74) is 2.46. The molecule has 3 aromatic rings. The van der Waals surface area contributed by atoms with Gasteiger partial charge in [-0.2, -0.15) is 0 Å². The lowest BCUT2D eigenvalue weighted by Gasteiger charge is -2.29. The number of anilines is 3. The SMILES string of the molecule is COc1cccc(N(C(=O)CNC(=O)Nc2cccc(CCO)c2)C(C)C(=O)Nc2ccccc2)c1. The van der Waals surface area contributed by atoms with E-state index in [1.807, 2.05) is 12.1 Å². The van der Waals surface area contributed by atoms with Crippen LogP contribution in [0.25, 0.3) is 0 Å². The molecular formula is C27H30N4O5. The topological polar surface area (TPSA) is 120 Å². The first-order valence-electron chi connectivity index (χ1n) is 11.5. The molecule has 1 atom stereocenters. The minimum absolute atomic E-state index is 0.000290. The van der Waals surface area contributed by atoms with Crippen LogP contribution in [0.3, 0.4) is 0 Å². The van der Waals surface area contributed by atoms with E-state index >= 15 is 0 Å². The van der Waals surface area contributed by atoms with Gasteiger partial charge < -0.3 is 25.8 Å². The second-order valence-electron chi connectivity index (χ2n) is 7.98. The first-order chi connectivity index (χ1) is 17.4. The third-order valence-electron chi connectivity index (χ3n) is 5.39. The monoisotopic (exact) mass is 490 g/mol. The minimum atomic E-state index is -0.884. The highest BCUT2D eigenvalue weighted by molar-refractivity contribution is 6.06. The number of amides is 4. The molecule has 3 aromatic carbocycles. The summed E-state index contributed by atoms with van der Waals surface area (Å²) < 4.78 is 5.28. The van der Waals surface area contributed by atoms with Gasteiger partial charge in [0.2, 0.25) is 11.8 Å². The Kier molecular flexibility index (Phi) is 9.41. The Morgan fingerprint density at radius 3 is 2.36 bits per heavy atom. The standard InChI is InChI=1S/C27H30N4O5/c1-19(26(34)29-21-9-4-3-5-10-21)31(23-12-7-13-24(17-23)36-2)25(33)18-28-27(35)30-22-11-6-8-20(16-22)14-15-32/h3-13,16-17,19,32H,14-15,18H2,1-2H3,(H,29,34)(H2,28,30,35). The lowest BCUT2D eigenvalue weighted by Crippen LogP contribution is -2.50. The van der Waals surface area contributed by atoms with Gasteiger partial charge in [0.05, 0.1) is 13.7 Å². The van der Waals surface area contributed by atoms with Crippen molar-refractivity contribution in [3.05, 3.63) is 84.4 Å². The molecule has 3 rings (SSSR count). The minimum Gasteiger partial charge on any atom is -0.497 e. The number of hydrogen-bond donors (Lipinski definition) is 4. The van der Waals surface area contributed by atoms with Crippen molar-refractivity contribution in [2.75, 3.05) is 35.8 Å². The van der Waals surface area contributed by atoms with Gasteiger partial charge in [0, 0.05) is 29.7 Å². The summed E-state index contributed by atoms with van der Waals surface area (Å²) in [5, 5.41) is 17.1.